The van der Waals surface area contributed by atoms with Crippen molar-refractivity contribution in [3.8, 4) is 0 Å². The first-order valence-electron chi connectivity index (χ1n) is 7.24. The fourth-order valence-corrected chi connectivity index (χ4v) is 2.95. The number of nitrogens with one attached hydrogen (secondary N) is 1. The molecule has 1 aliphatic rings. The predicted molar refractivity (Wildman–Crippen MR) is 84.9 cm³/mol. The highest BCUT2D eigenvalue weighted by Crippen LogP contribution is 2.28. The Labute approximate surface area is 127 Å². The van der Waals surface area contributed by atoms with Crippen molar-refractivity contribution in [2.45, 2.75) is 51.1 Å². The highest BCUT2D eigenvalue weighted by Gasteiger charge is 2.28. The van der Waals surface area contributed by atoms with E-state index in [4.69, 9.17) is 5.73 Å². The Hall–Kier alpha value is -1.06. The largest absolute Gasteiger partial charge is 0.353 e. The second kappa shape index (κ2) is 8.28. The number of benzene rings is 1. The van der Waals surface area contributed by atoms with Gasteiger partial charge in [-0.15, -0.1) is 12.4 Å². The van der Waals surface area contributed by atoms with Gasteiger partial charge in [-0.25, -0.2) is 0 Å². The lowest BCUT2D eigenvalue weighted by atomic mass is 9.94. The van der Waals surface area contributed by atoms with Crippen LogP contribution in [-0.2, 0) is 11.2 Å². The van der Waals surface area contributed by atoms with Crippen LogP contribution in [0.15, 0.2) is 30.3 Å². The lowest BCUT2D eigenvalue weighted by Gasteiger charge is -2.21. The monoisotopic (exact) mass is 296 g/mol. The molecule has 1 amide bonds. The zero-order valence-corrected chi connectivity index (χ0v) is 12.9. The van der Waals surface area contributed by atoms with Gasteiger partial charge in [-0.1, -0.05) is 36.8 Å². The van der Waals surface area contributed by atoms with E-state index in [-0.39, 0.29) is 24.4 Å². The van der Waals surface area contributed by atoms with E-state index >= 15 is 0 Å². The van der Waals surface area contributed by atoms with Crippen LogP contribution in [0, 0.1) is 5.92 Å². The van der Waals surface area contributed by atoms with Crippen molar-refractivity contribution in [2.24, 2.45) is 11.7 Å². The second-order valence-corrected chi connectivity index (χ2v) is 5.74. The van der Waals surface area contributed by atoms with Crippen LogP contribution in [0.3, 0.4) is 0 Å². The number of nitrogens with two attached hydrogens (primary N) is 1. The minimum atomic E-state index is -0.0611. The molecule has 0 radical (unpaired) electrons. The summed E-state index contributed by atoms with van der Waals surface area (Å²) >= 11 is 0. The molecule has 0 spiro atoms. The van der Waals surface area contributed by atoms with Crippen LogP contribution < -0.4 is 11.1 Å². The standard InChI is InChI=1S/C16H24N2O.ClH/c1-12(17)10-16(19)18-15-9-5-8-14(15)11-13-6-3-2-4-7-13;/h2-4,6-7,12,14-15H,5,8-11,17H2,1H3,(H,18,19);1H. The molecule has 0 heterocycles. The Morgan fingerprint density at radius 1 is 1.35 bits per heavy atom. The number of carbonyl (C=O) groups excluding carboxylic acids is 1. The summed E-state index contributed by atoms with van der Waals surface area (Å²) in [5, 5.41) is 3.16. The van der Waals surface area contributed by atoms with Gasteiger partial charge >= 0.3 is 0 Å². The minimum Gasteiger partial charge on any atom is -0.353 e. The number of halogens is 1. The molecule has 3 nitrogen and oxygen atoms in total. The highest BCUT2D eigenvalue weighted by atomic mass is 35.5. The summed E-state index contributed by atoms with van der Waals surface area (Å²) in [4.78, 5) is 11.8. The van der Waals surface area contributed by atoms with Gasteiger partial charge in [-0.3, -0.25) is 4.79 Å². The molecule has 3 atom stereocenters. The van der Waals surface area contributed by atoms with Crippen molar-refractivity contribution in [1.82, 2.24) is 5.32 Å². The lowest BCUT2D eigenvalue weighted by Crippen LogP contribution is -2.40. The number of hydrogen-bond donors (Lipinski definition) is 2. The summed E-state index contributed by atoms with van der Waals surface area (Å²) in [6.07, 6.45) is 5.00. The van der Waals surface area contributed by atoms with E-state index in [1.165, 1.54) is 18.4 Å². The summed E-state index contributed by atoms with van der Waals surface area (Å²) in [6, 6.07) is 10.8. The molecule has 20 heavy (non-hydrogen) atoms. The average Bonchev–Trinajstić information content (AvgIpc) is 2.77. The Balaban J connectivity index is 0.00000200. The Bertz CT molecular complexity index is 408. The SMILES string of the molecule is CC(N)CC(=O)NC1CCCC1Cc1ccccc1.Cl. The van der Waals surface area contributed by atoms with Gasteiger partial charge in [0.1, 0.15) is 0 Å². The van der Waals surface area contributed by atoms with Crippen molar-refractivity contribution in [2.75, 3.05) is 0 Å². The molecular weight excluding hydrogens is 272 g/mol. The molecular formula is C16H25ClN2O. The molecule has 1 fully saturated rings. The molecule has 0 aromatic heterocycles. The fraction of sp³-hybridized carbons (Fsp3) is 0.562. The average molecular weight is 297 g/mol. The molecule has 1 aliphatic carbocycles. The zero-order valence-electron chi connectivity index (χ0n) is 12.0. The van der Waals surface area contributed by atoms with Crippen molar-refractivity contribution >= 4 is 18.3 Å². The summed E-state index contributed by atoms with van der Waals surface area (Å²) < 4.78 is 0. The van der Waals surface area contributed by atoms with Gasteiger partial charge in [0.25, 0.3) is 0 Å². The van der Waals surface area contributed by atoms with Crippen LogP contribution in [0.1, 0.15) is 38.2 Å². The zero-order chi connectivity index (χ0) is 13.7. The van der Waals surface area contributed by atoms with E-state index in [0.717, 1.165) is 12.8 Å². The molecule has 4 heteroatoms. The van der Waals surface area contributed by atoms with Crippen molar-refractivity contribution in [3.63, 3.8) is 0 Å². The molecule has 3 N–H and O–H groups in total. The highest BCUT2D eigenvalue weighted by molar-refractivity contribution is 5.85. The Morgan fingerprint density at radius 2 is 2.05 bits per heavy atom. The van der Waals surface area contributed by atoms with E-state index < -0.39 is 0 Å². The van der Waals surface area contributed by atoms with E-state index in [1.807, 2.05) is 13.0 Å². The molecule has 3 unspecified atom stereocenters. The first-order chi connectivity index (χ1) is 9.15. The molecule has 0 aliphatic heterocycles. The lowest BCUT2D eigenvalue weighted by molar-refractivity contribution is -0.122. The fourth-order valence-electron chi connectivity index (χ4n) is 2.95. The van der Waals surface area contributed by atoms with Crippen LogP contribution in [0.2, 0.25) is 0 Å². The number of hydrogen-bond acceptors (Lipinski definition) is 2. The summed E-state index contributed by atoms with van der Waals surface area (Å²) in [5.74, 6) is 0.666. The van der Waals surface area contributed by atoms with Crippen LogP contribution in [0.25, 0.3) is 0 Å². The van der Waals surface area contributed by atoms with E-state index in [1.54, 1.807) is 0 Å². The van der Waals surface area contributed by atoms with Gasteiger partial charge in [0, 0.05) is 18.5 Å². The molecule has 1 aromatic carbocycles. The van der Waals surface area contributed by atoms with Gasteiger partial charge in [-0.2, -0.15) is 0 Å². The van der Waals surface area contributed by atoms with Gasteiger partial charge in [0.05, 0.1) is 0 Å². The molecule has 1 saturated carbocycles. The second-order valence-electron chi connectivity index (χ2n) is 5.74. The maximum absolute atomic E-state index is 11.8. The number of carbonyl (C=O) groups is 1. The quantitative estimate of drug-likeness (QED) is 0.878. The first kappa shape index (κ1) is 17.0. The Morgan fingerprint density at radius 3 is 2.70 bits per heavy atom. The normalized spacial score (nSPS) is 22.9. The molecule has 0 bridgehead atoms. The van der Waals surface area contributed by atoms with Crippen LogP contribution in [-0.4, -0.2) is 18.0 Å². The van der Waals surface area contributed by atoms with Crippen LogP contribution in [0.5, 0.6) is 0 Å². The third kappa shape index (κ3) is 5.14. The van der Waals surface area contributed by atoms with Crippen molar-refractivity contribution in [3.05, 3.63) is 35.9 Å². The molecule has 2 rings (SSSR count). The third-order valence-electron chi connectivity index (χ3n) is 3.85. The van der Waals surface area contributed by atoms with E-state index in [9.17, 15) is 4.79 Å². The van der Waals surface area contributed by atoms with E-state index in [0.29, 0.717) is 18.4 Å². The number of amides is 1. The Kier molecular flexibility index (Phi) is 7.03. The van der Waals surface area contributed by atoms with Gasteiger partial charge < -0.3 is 11.1 Å². The van der Waals surface area contributed by atoms with Gasteiger partial charge in [-0.05, 0) is 37.7 Å². The topological polar surface area (TPSA) is 55.1 Å². The molecule has 0 saturated heterocycles. The molecule has 1 aromatic rings. The minimum absolute atomic E-state index is 0. The van der Waals surface area contributed by atoms with Crippen molar-refractivity contribution in [1.29, 1.82) is 0 Å². The smallest absolute Gasteiger partial charge is 0.221 e. The first-order valence-corrected chi connectivity index (χ1v) is 7.24. The maximum atomic E-state index is 11.8. The maximum Gasteiger partial charge on any atom is 0.221 e. The molecule has 112 valence electrons. The summed E-state index contributed by atoms with van der Waals surface area (Å²) in [5.41, 5.74) is 7.03. The van der Waals surface area contributed by atoms with Gasteiger partial charge in [0.2, 0.25) is 5.91 Å². The van der Waals surface area contributed by atoms with Gasteiger partial charge in [0.15, 0.2) is 0 Å². The summed E-state index contributed by atoms with van der Waals surface area (Å²) in [7, 11) is 0. The summed E-state index contributed by atoms with van der Waals surface area (Å²) in [6.45, 7) is 1.87. The van der Waals surface area contributed by atoms with Crippen LogP contribution >= 0.6 is 12.4 Å². The number of rotatable bonds is 5. The third-order valence-corrected chi connectivity index (χ3v) is 3.85. The van der Waals surface area contributed by atoms with Crippen LogP contribution in [0.4, 0.5) is 0 Å². The predicted octanol–water partition coefficient (Wildman–Crippen LogP) is 2.67. The van der Waals surface area contributed by atoms with Crippen molar-refractivity contribution < 1.29 is 4.79 Å². The van der Waals surface area contributed by atoms with E-state index in [2.05, 4.69) is 29.6 Å².